The van der Waals surface area contributed by atoms with Crippen molar-refractivity contribution in [3.05, 3.63) is 83.6 Å². The second kappa shape index (κ2) is 9.04. The van der Waals surface area contributed by atoms with Gasteiger partial charge in [-0.05, 0) is 62.7 Å². The lowest BCUT2D eigenvalue weighted by atomic mass is 10.1. The van der Waals surface area contributed by atoms with Gasteiger partial charge >= 0.3 is 0 Å². The minimum atomic E-state index is -0.133. The molecular formula is C23H25N3O2. The summed E-state index contributed by atoms with van der Waals surface area (Å²) in [6, 6.07) is 19.2. The fourth-order valence-corrected chi connectivity index (χ4v) is 2.67. The third-order valence-corrected chi connectivity index (χ3v) is 4.09. The maximum atomic E-state index is 12.5. The van der Waals surface area contributed by atoms with Gasteiger partial charge in [0.05, 0.1) is 6.10 Å². The third kappa shape index (κ3) is 5.58. The summed E-state index contributed by atoms with van der Waals surface area (Å²) in [7, 11) is 0. The molecule has 0 unspecified atom stereocenters. The van der Waals surface area contributed by atoms with Crippen LogP contribution in [0, 0.1) is 6.92 Å². The normalized spacial score (nSPS) is 10.6. The third-order valence-electron chi connectivity index (χ3n) is 4.09. The Balaban J connectivity index is 1.61. The molecule has 3 rings (SSSR count). The van der Waals surface area contributed by atoms with Crippen molar-refractivity contribution < 1.29 is 9.53 Å². The van der Waals surface area contributed by atoms with Crippen LogP contribution >= 0.6 is 0 Å². The van der Waals surface area contributed by atoms with Crippen LogP contribution in [0.2, 0.25) is 0 Å². The van der Waals surface area contributed by atoms with Crippen molar-refractivity contribution in [3.63, 3.8) is 0 Å². The van der Waals surface area contributed by atoms with Crippen LogP contribution < -0.4 is 15.4 Å². The van der Waals surface area contributed by atoms with E-state index >= 15 is 0 Å². The lowest BCUT2D eigenvalue weighted by Crippen LogP contribution is -2.22. The fraction of sp³-hybridized carbons (Fsp3) is 0.217. The van der Waals surface area contributed by atoms with Gasteiger partial charge in [0.15, 0.2) is 0 Å². The molecular weight excluding hydrogens is 350 g/mol. The van der Waals surface area contributed by atoms with E-state index < -0.39 is 0 Å². The number of aryl methyl sites for hydroxylation is 1. The van der Waals surface area contributed by atoms with Crippen LogP contribution in [0.3, 0.4) is 0 Å². The summed E-state index contributed by atoms with van der Waals surface area (Å²) in [4.78, 5) is 16.7. The van der Waals surface area contributed by atoms with E-state index in [1.54, 1.807) is 18.3 Å². The van der Waals surface area contributed by atoms with E-state index in [0.717, 1.165) is 17.0 Å². The molecule has 1 aromatic heterocycles. The van der Waals surface area contributed by atoms with Crippen molar-refractivity contribution in [2.75, 3.05) is 5.32 Å². The van der Waals surface area contributed by atoms with Gasteiger partial charge in [-0.1, -0.05) is 29.8 Å². The molecule has 2 N–H and O–H groups in total. The second-order valence-corrected chi connectivity index (χ2v) is 6.91. The minimum Gasteiger partial charge on any atom is -0.491 e. The zero-order valence-corrected chi connectivity index (χ0v) is 16.4. The van der Waals surface area contributed by atoms with Gasteiger partial charge in [0.2, 0.25) is 0 Å². The maximum Gasteiger partial charge on any atom is 0.251 e. The van der Waals surface area contributed by atoms with Gasteiger partial charge in [-0.3, -0.25) is 4.79 Å². The number of anilines is 2. The first kappa shape index (κ1) is 19.4. The van der Waals surface area contributed by atoms with Crippen molar-refractivity contribution >= 4 is 17.4 Å². The molecule has 0 bridgehead atoms. The molecule has 0 aliphatic carbocycles. The Morgan fingerprint density at radius 2 is 1.75 bits per heavy atom. The van der Waals surface area contributed by atoms with E-state index in [2.05, 4.69) is 15.6 Å². The number of hydrogen-bond acceptors (Lipinski definition) is 4. The summed E-state index contributed by atoms with van der Waals surface area (Å²) in [6.07, 6.45) is 1.76. The van der Waals surface area contributed by atoms with Gasteiger partial charge in [0, 0.05) is 24.0 Å². The first-order valence-electron chi connectivity index (χ1n) is 9.33. The average Bonchev–Trinajstić information content (AvgIpc) is 2.69. The number of nitrogens with one attached hydrogen (secondary N) is 2. The second-order valence-electron chi connectivity index (χ2n) is 6.91. The summed E-state index contributed by atoms with van der Waals surface area (Å²) < 4.78 is 5.64. The molecule has 0 spiro atoms. The van der Waals surface area contributed by atoms with E-state index in [4.69, 9.17) is 4.74 Å². The molecule has 144 valence electrons. The van der Waals surface area contributed by atoms with Crippen LogP contribution in [0.15, 0.2) is 66.9 Å². The van der Waals surface area contributed by atoms with Gasteiger partial charge in [0.25, 0.3) is 5.91 Å². The molecule has 0 saturated heterocycles. The topological polar surface area (TPSA) is 63.2 Å². The Bertz CT molecular complexity index is 919. The number of carbonyl (C=O) groups is 1. The van der Waals surface area contributed by atoms with Crippen molar-refractivity contribution in [2.24, 2.45) is 0 Å². The highest BCUT2D eigenvalue weighted by Crippen LogP contribution is 2.20. The number of pyridine rings is 1. The quantitative estimate of drug-likeness (QED) is 0.620. The molecule has 2 aromatic carbocycles. The Labute approximate surface area is 165 Å². The zero-order chi connectivity index (χ0) is 19.9. The maximum absolute atomic E-state index is 12.5. The number of ether oxygens (including phenoxy) is 1. The predicted octanol–water partition coefficient (Wildman–Crippen LogP) is 4.85. The van der Waals surface area contributed by atoms with Crippen LogP contribution in [-0.4, -0.2) is 17.0 Å². The highest BCUT2D eigenvalue weighted by molar-refractivity contribution is 5.94. The molecule has 1 amide bonds. The Hall–Kier alpha value is -3.34. The Morgan fingerprint density at radius 3 is 2.43 bits per heavy atom. The minimum absolute atomic E-state index is 0.133. The molecule has 0 fully saturated rings. The van der Waals surface area contributed by atoms with Gasteiger partial charge in [-0.25, -0.2) is 4.98 Å². The van der Waals surface area contributed by atoms with E-state index in [-0.39, 0.29) is 12.0 Å². The smallest absolute Gasteiger partial charge is 0.251 e. The van der Waals surface area contributed by atoms with Crippen LogP contribution in [0.1, 0.15) is 35.3 Å². The Kier molecular flexibility index (Phi) is 6.27. The van der Waals surface area contributed by atoms with Gasteiger partial charge in [-0.15, -0.1) is 0 Å². The standard InChI is InChI=1S/C23H25N3O2/c1-16(2)28-21-10-8-20(9-11-21)26-22-14-19(12-13-24-22)23(27)25-15-18-6-4-17(3)5-7-18/h4-14,16H,15H2,1-3H3,(H,24,26)(H,25,27). The van der Waals surface area contributed by atoms with Crippen molar-refractivity contribution in [1.82, 2.24) is 10.3 Å². The van der Waals surface area contributed by atoms with Crippen molar-refractivity contribution in [2.45, 2.75) is 33.4 Å². The lowest BCUT2D eigenvalue weighted by Gasteiger charge is -2.11. The number of carbonyl (C=O) groups excluding carboxylic acids is 1. The lowest BCUT2D eigenvalue weighted by molar-refractivity contribution is 0.0951. The molecule has 3 aromatic rings. The number of benzene rings is 2. The van der Waals surface area contributed by atoms with Crippen LogP contribution in [0.5, 0.6) is 5.75 Å². The summed E-state index contributed by atoms with van der Waals surface area (Å²) in [5.74, 6) is 1.30. The molecule has 1 heterocycles. The molecule has 0 saturated carbocycles. The van der Waals surface area contributed by atoms with E-state index in [1.165, 1.54) is 5.56 Å². The van der Waals surface area contributed by atoms with Crippen LogP contribution in [-0.2, 0) is 6.54 Å². The first-order valence-corrected chi connectivity index (χ1v) is 9.33. The van der Waals surface area contributed by atoms with Gasteiger partial charge in [-0.2, -0.15) is 0 Å². The molecule has 28 heavy (non-hydrogen) atoms. The van der Waals surface area contributed by atoms with E-state index in [1.807, 2.05) is 69.3 Å². The van der Waals surface area contributed by atoms with Gasteiger partial charge < -0.3 is 15.4 Å². The van der Waals surface area contributed by atoms with Crippen LogP contribution in [0.25, 0.3) is 0 Å². The molecule has 5 heteroatoms. The molecule has 0 aliphatic heterocycles. The molecule has 5 nitrogen and oxygen atoms in total. The van der Waals surface area contributed by atoms with Gasteiger partial charge in [0.1, 0.15) is 11.6 Å². The summed E-state index contributed by atoms with van der Waals surface area (Å²) in [5.41, 5.74) is 3.70. The van der Waals surface area contributed by atoms with Crippen molar-refractivity contribution in [1.29, 1.82) is 0 Å². The molecule has 0 radical (unpaired) electrons. The SMILES string of the molecule is Cc1ccc(CNC(=O)c2ccnc(Nc3ccc(OC(C)C)cc3)c2)cc1. The van der Waals surface area contributed by atoms with E-state index in [0.29, 0.717) is 17.9 Å². The van der Waals surface area contributed by atoms with E-state index in [9.17, 15) is 4.79 Å². The number of rotatable bonds is 7. The monoisotopic (exact) mass is 375 g/mol. The van der Waals surface area contributed by atoms with Crippen LogP contribution in [0.4, 0.5) is 11.5 Å². The zero-order valence-electron chi connectivity index (χ0n) is 16.4. The average molecular weight is 375 g/mol. The highest BCUT2D eigenvalue weighted by Gasteiger charge is 2.07. The summed E-state index contributed by atoms with van der Waals surface area (Å²) in [5, 5.41) is 6.15. The number of aromatic nitrogens is 1. The summed E-state index contributed by atoms with van der Waals surface area (Å²) >= 11 is 0. The fourth-order valence-electron chi connectivity index (χ4n) is 2.67. The predicted molar refractivity (Wildman–Crippen MR) is 112 cm³/mol. The largest absolute Gasteiger partial charge is 0.491 e. The van der Waals surface area contributed by atoms with Crippen molar-refractivity contribution in [3.8, 4) is 5.75 Å². The number of nitrogens with zero attached hydrogens (tertiary/aromatic N) is 1. The Morgan fingerprint density at radius 1 is 1.04 bits per heavy atom. The molecule has 0 aliphatic rings. The number of amides is 1. The molecule has 0 atom stereocenters. The number of hydrogen-bond donors (Lipinski definition) is 2. The highest BCUT2D eigenvalue weighted by atomic mass is 16.5. The first-order chi connectivity index (χ1) is 13.5. The summed E-state index contributed by atoms with van der Waals surface area (Å²) in [6.45, 7) is 6.51.